The largest absolute Gasteiger partial charge is 0.315 e. The van der Waals surface area contributed by atoms with Crippen LogP contribution in [0.15, 0.2) is 17.5 Å². The Morgan fingerprint density at radius 2 is 2.07 bits per heavy atom. The molecule has 1 heterocycles. The fraction of sp³-hybridized carbons (Fsp3) is 0.500. The Balaban J connectivity index is 2.08. The van der Waals surface area contributed by atoms with Gasteiger partial charge in [-0.3, -0.25) is 0 Å². The predicted octanol–water partition coefficient (Wildman–Crippen LogP) is 2.76. The summed E-state index contributed by atoms with van der Waals surface area (Å²) in [5, 5.41) is 2.05. The van der Waals surface area contributed by atoms with Crippen molar-refractivity contribution in [3.05, 3.63) is 22.4 Å². The molecular weight excluding hydrogens is 190 g/mol. The standard InChI is InChI=1S/C12H15NS/c13-12(7-2-1-3-8-12)9-6-11-5-4-10-14-11/h4-5,10H,1-3,7-8,13H2. The highest BCUT2D eigenvalue weighted by molar-refractivity contribution is 7.10. The van der Waals surface area contributed by atoms with Gasteiger partial charge in [-0.15, -0.1) is 11.3 Å². The first kappa shape index (κ1) is 9.76. The maximum Gasteiger partial charge on any atom is 0.0780 e. The van der Waals surface area contributed by atoms with Gasteiger partial charge in [-0.25, -0.2) is 0 Å². The monoisotopic (exact) mass is 205 g/mol. The SMILES string of the molecule is NC1(C#Cc2cccs2)CCCCC1. The first-order valence-corrected chi connectivity index (χ1v) is 6.02. The molecule has 1 aliphatic rings. The maximum absolute atomic E-state index is 6.21. The maximum atomic E-state index is 6.21. The molecule has 1 aliphatic carbocycles. The van der Waals surface area contributed by atoms with Gasteiger partial charge in [0.05, 0.1) is 10.4 Å². The molecule has 1 saturated carbocycles. The summed E-state index contributed by atoms with van der Waals surface area (Å²) in [5.41, 5.74) is 6.00. The zero-order valence-corrected chi connectivity index (χ0v) is 9.07. The quantitative estimate of drug-likeness (QED) is 0.648. The van der Waals surface area contributed by atoms with Crippen molar-refractivity contribution in [3.8, 4) is 11.8 Å². The van der Waals surface area contributed by atoms with E-state index in [1.54, 1.807) is 11.3 Å². The van der Waals surface area contributed by atoms with Gasteiger partial charge in [-0.05, 0) is 24.3 Å². The Hall–Kier alpha value is -0.780. The van der Waals surface area contributed by atoms with Gasteiger partial charge >= 0.3 is 0 Å². The van der Waals surface area contributed by atoms with Gasteiger partial charge in [0.25, 0.3) is 0 Å². The molecule has 0 atom stereocenters. The topological polar surface area (TPSA) is 26.0 Å². The van der Waals surface area contributed by atoms with Gasteiger partial charge in [0.15, 0.2) is 0 Å². The van der Waals surface area contributed by atoms with Crippen LogP contribution in [0.4, 0.5) is 0 Å². The molecule has 0 unspecified atom stereocenters. The number of nitrogens with two attached hydrogens (primary N) is 1. The number of hydrogen-bond donors (Lipinski definition) is 1. The third-order valence-electron chi connectivity index (χ3n) is 2.70. The Morgan fingerprint density at radius 1 is 1.29 bits per heavy atom. The minimum atomic E-state index is -0.206. The summed E-state index contributed by atoms with van der Waals surface area (Å²) in [4.78, 5) is 1.13. The normalized spacial score (nSPS) is 19.8. The fourth-order valence-electron chi connectivity index (χ4n) is 1.84. The van der Waals surface area contributed by atoms with Crippen molar-refractivity contribution in [3.63, 3.8) is 0 Å². The van der Waals surface area contributed by atoms with Gasteiger partial charge in [0, 0.05) is 0 Å². The zero-order valence-electron chi connectivity index (χ0n) is 8.25. The van der Waals surface area contributed by atoms with E-state index in [0.29, 0.717) is 0 Å². The summed E-state index contributed by atoms with van der Waals surface area (Å²) >= 11 is 1.68. The molecular formula is C12H15NS. The first-order valence-electron chi connectivity index (χ1n) is 5.14. The van der Waals surface area contributed by atoms with E-state index in [1.807, 2.05) is 17.5 Å². The van der Waals surface area contributed by atoms with Crippen molar-refractivity contribution < 1.29 is 0 Å². The van der Waals surface area contributed by atoms with Crippen LogP contribution in [-0.2, 0) is 0 Å². The highest BCUT2D eigenvalue weighted by Crippen LogP contribution is 2.25. The van der Waals surface area contributed by atoms with Crippen LogP contribution in [-0.4, -0.2) is 5.54 Å². The molecule has 1 fully saturated rings. The molecule has 0 amide bonds. The first-order chi connectivity index (χ1) is 6.79. The van der Waals surface area contributed by atoms with Crippen LogP contribution < -0.4 is 5.73 Å². The molecule has 0 aromatic carbocycles. The van der Waals surface area contributed by atoms with Crippen molar-refractivity contribution >= 4 is 11.3 Å². The van der Waals surface area contributed by atoms with Gasteiger partial charge in [0.1, 0.15) is 0 Å². The van der Waals surface area contributed by atoms with Crippen LogP contribution in [0.2, 0.25) is 0 Å². The number of thiophene rings is 1. The van der Waals surface area contributed by atoms with Crippen molar-refractivity contribution in [1.29, 1.82) is 0 Å². The van der Waals surface area contributed by atoms with E-state index in [0.717, 1.165) is 17.7 Å². The molecule has 2 N–H and O–H groups in total. The lowest BCUT2D eigenvalue weighted by atomic mass is 9.83. The van der Waals surface area contributed by atoms with Crippen LogP contribution >= 0.6 is 11.3 Å². The molecule has 0 spiro atoms. The van der Waals surface area contributed by atoms with Gasteiger partial charge in [-0.2, -0.15) is 0 Å². The van der Waals surface area contributed by atoms with Crippen molar-refractivity contribution in [2.45, 2.75) is 37.6 Å². The molecule has 0 aliphatic heterocycles. The Morgan fingerprint density at radius 3 is 2.71 bits per heavy atom. The Labute approximate surface area is 89.3 Å². The average Bonchev–Trinajstić information content (AvgIpc) is 2.69. The lowest BCUT2D eigenvalue weighted by molar-refractivity contribution is 0.370. The van der Waals surface area contributed by atoms with Crippen molar-refractivity contribution in [1.82, 2.24) is 0 Å². The highest BCUT2D eigenvalue weighted by atomic mass is 32.1. The van der Waals surface area contributed by atoms with E-state index in [9.17, 15) is 0 Å². The second-order valence-corrected chi connectivity index (χ2v) is 4.89. The van der Waals surface area contributed by atoms with Crippen molar-refractivity contribution in [2.75, 3.05) is 0 Å². The summed E-state index contributed by atoms with van der Waals surface area (Å²) in [6.45, 7) is 0. The van der Waals surface area contributed by atoms with Gasteiger partial charge < -0.3 is 5.73 Å². The predicted molar refractivity (Wildman–Crippen MR) is 61.2 cm³/mol. The third-order valence-corrected chi connectivity index (χ3v) is 3.49. The van der Waals surface area contributed by atoms with E-state index in [2.05, 4.69) is 11.8 Å². The van der Waals surface area contributed by atoms with Crippen molar-refractivity contribution in [2.24, 2.45) is 5.73 Å². The van der Waals surface area contributed by atoms with Crippen LogP contribution in [0.25, 0.3) is 0 Å². The lowest BCUT2D eigenvalue weighted by Crippen LogP contribution is -2.39. The smallest absolute Gasteiger partial charge is 0.0780 e. The highest BCUT2D eigenvalue weighted by Gasteiger charge is 2.24. The molecule has 2 rings (SSSR count). The van der Waals surface area contributed by atoms with E-state index < -0.39 is 0 Å². The molecule has 0 saturated heterocycles. The second kappa shape index (κ2) is 4.16. The second-order valence-electron chi connectivity index (χ2n) is 3.94. The minimum absolute atomic E-state index is 0.206. The minimum Gasteiger partial charge on any atom is -0.315 e. The fourth-order valence-corrected chi connectivity index (χ4v) is 2.41. The van der Waals surface area contributed by atoms with E-state index in [1.165, 1.54) is 19.3 Å². The summed E-state index contributed by atoms with van der Waals surface area (Å²) in [7, 11) is 0. The number of hydrogen-bond acceptors (Lipinski definition) is 2. The van der Waals surface area contributed by atoms with E-state index in [-0.39, 0.29) is 5.54 Å². The van der Waals surface area contributed by atoms with Crippen LogP contribution in [0.1, 0.15) is 37.0 Å². The molecule has 74 valence electrons. The Kier molecular flexibility index (Phi) is 2.90. The molecule has 1 nitrogen and oxygen atoms in total. The molecule has 2 heteroatoms. The zero-order chi connectivity index (χ0) is 9.86. The van der Waals surface area contributed by atoms with E-state index >= 15 is 0 Å². The van der Waals surface area contributed by atoms with Gasteiger partial charge in [0.2, 0.25) is 0 Å². The Bertz CT molecular complexity index is 336. The molecule has 1 aromatic heterocycles. The molecule has 0 radical (unpaired) electrons. The molecule has 0 bridgehead atoms. The van der Waals surface area contributed by atoms with Crippen LogP contribution in [0.3, 0.4) is 0 Å². The average molecular weight is 205 g/mol. The summed E-state index contributed by atoms with van der Waals surface area (Å²) in [6.07, 6.45) is 5.90. The summed E-state index contributed by atoms with van der Waals surface area (Å²) in [5.74, 6) is 6.42. The molecule has 1 aromatic rings. The summed E-state index contributed by atoms with van der Waals surface area (Å²) < 4.78 is 0. The van der Waals surface area contributed by atoms with Crippen LogP contribution in [0, 0.1) is 11.8 Å². The molecule has 14 heavy (non-hydrogen) atoms. The third kappa shape index (κ3) is 2.37. The number of rotatable bonds is 0. The van der Waals surface area contributed by atoms with Gasteiger partial charge in [-0.1, -0.05) is 37.2 Å². The van der Waals surface area contributed by atoms with E-state index in [4.69, 9.17) is 5.73 Å². The summed E-state index contributed by atoms with van der Waals surface area (Å²) in [6, 6.07) is 4.07. The van der Waals surface area contributed by atoms with Crippen LogP contribution in [0.5, 0.6) is 0 Å². The lowest BCUT2D eigenvalue weighted by Gasteiger charge is -2.27.